The lowest BCUT2D eigenvalue weighted by Crippen LogP contribution is -2.41. The van der Waals surface area contributed by atoms with Gasteiger partial charge in [-0.15, -0.1) is 0 Å². The van der Waals surface area contributed by atoms with E-state index in [-0.39, 0.29) is 23.0 Å². The molecule has 2 aromatic rings. The zero-order valence-electron chi connectivity index (χ0n) is 11.4. The van der Waals surface area contributed by atoms with E-state index >= 15 is 0 Å². The van der Waals surface area contributed by atoms with Crippen molar-refractivity contribution in [3.05, 3.63) is 30.0 Å². The Balaban J connectivity index is 2.02. The average Bonchev–Trinajstić information content (AvgIpc) is 2.88. The van der Waals surface area contributed by atoms with Crippen LogP contribution in [0.2, 0.25) is 0 Å². The van der Waals surface area contributed by atoms with Gasteiger partial charge >= 0.3 is 0 Å². The van der Waals surface area contributed by atoms with Crippen LogP contribution in [0.1, 0.15) is 13.3 Å². The molecule has 0 spiro atoms. The molecule has 1 N–H and O–H groups in total. The number of hydrogen-bond donors (Lipinski definition) is 1. The largest absolute Gasteiger partial charge is 0.354 e. The van der Waals surface area contributed by atoms with Gasteiger partial charge in [-0.1, -0.05) is 0 Å². The number of halogens is 2. The number of carbonyl (C=O) groups is 1. The van der Waals surface area contributed by atoms with E-state index in [0.29, 0.717) is 25.3 Å². The van der Waals surface area contributed by atoms with Crippen LogP contribution in [0.15, 0.2) is 18.3 Å². The number of likely N-dealkylation sites (N-methyl/N-ethyl adjacent to an activating group) is 1. The summed E-state index contributed by atoms with van der Waals surface area (Å²) in [5.41, 5.74) is 0.549. The molecule has 0 bridgehead atoms. The second kappa shape index (κ2) is 5.23. The van der Waals surface area contributed by atoms with Crippen molar-refractivity contribution in [3.63, 3.8) is 0 Å². The smallest absolute Gasteiger partial charge is 0.242 e. The molecule has 1 amide bonds. The van der Waals surface area contributed by atoms with Crippen LogP contribution in [-0.2, 0) is 4.79 Å². The number of nitrogens with zero attached hydrogens (tertiary/aromatic N) is 3. The summed E-state index contributed by atoms with van der Waals surface area (Å²) in [6.45, 7) is 3.10. The van der Waals surface area contributed by atoms with Crippen LogP contribution >= 0.6 is 0 Å². The fourth-order valence-electron chi connectivity index (χ4n) is 2.56. The fraction of sp³-hybridized carbons (Fsp3) is 0.357. The van der Waals surface area contributed by atoms with E-state index in [2.05, 4.69) is 15.3 Å². The molecule has 7 heteroatoms. The first-order valence-electron chi connectivity index (χ1n) is 6.76. The highest BCUT2D eigenvalue weighted by Gasteiger charge is 2.30. The van der Waals surface area contributed by atoms with Gasteiger partial charge in [-0.25, -0.2) is 13.8 Å². The predicted molar refractivity (Wildman–Crippen MR) is 73.9 cm³/mol. The van der Waals surface area contributed by atoms with Crippen molar-refractivity contribution in [1.82, 2.24) is 15.3 Å². The van der Waals surface area contributed by atoms with E-state index in [1.165, 1.54) is 6.20 Å². The Hall–Kier alpha value is -2.31. The minimum atomic E-state index is -0.962. The van der Waals surface area contributed by atoms with Gasteiger partial charge in [0, 0.05) is 25.2 Å². The highest BCUT2D eigenvalue weighted by Crippen LogP contribution is 2.22. The lowest BCUT2D eigenvalue weighted by Gasteiger charge is -2.26. The molecule has 0 saturated carbocycles. The SMILES string of the molecule is CCN(c1cnc2cc(F)c(F)cc2n1)C1CCNC1=O. The monoisotopic (exact) mass is 292 g/mol. The lowest BCUT2D eigenvalue weighted by atomic mass is 10.2. The fourth-order valence-corrected chi connectivity index (χ4v) is 2.56. The number of rotatable bonds is 3. The molecule has 1 fully saturated rings. The molecule has 1 unspecified atom stereocenters. The number of amides is 1. The second-order valence-corrected chi connectivity index (χ2v) is 4.86. The quantitative estimate of drug-likeness (QED) is 0.934. The Morgan fingerprint density at radius 2 is 2.05 bits per heavy atom. The number of carbonyl (C=O) groups excluding carboxylic acids is 1. The van der Waals surface area contributed by atoms with Crippen LogP contribution < -0.4 is 10.2 Å². The summed E-state index contributed by atoms with van der Waals surface area (Å²) in [5.74, 6) is -1.48. The van der Waals surface area contributed by atoms with Crippen LogP contribution in [0.4, 0.5) is 14.6 Å². The van der Waals surface area contributed by atoms with Gasteiger partial charge < -0.3 is 10.2 Å². The summed E-state index contributed by atoms with van der Waals surface area (Å²) in [7, 11) is 0. The molecular weight excluding hydrogens is 278 g/mol. The Morgan fingerprint density at radius 1 is 1.33 bits per heavy atom. The van der Waals surface area contributed by atoms with Gasteiger partial charge in [-0.05, 0) is 13.3 Å². The third-order valence-corrected chi connectivity index (χ3v) is 3.60. The van der Waals surface area contributed by atoms with Gasteiger partial charge in [-0.3, -0.25) is 9.78 Å². The molecule has 2 heterocycles. The molecule has 1 aromatic heterocycles. The molecule has 5 nitrogen and oxygen atoms in total. The maximum Gasteiger partial charge on any atom is 0.242 e. The number of anilines is 1. The van der Waals surface area contributed by atoms with Crippen molar-refractivity contribution in [2.45, 2.75) is 19.4 Å². The highest BCUT2D eigenvalue weighted by atomic mass is 19.2. The third-order valence-electron chi connectivity index (χ3n) is 3.60. The molecule has 0 aliphatic carbocycles. The molecule has 1 aromatic carbocycles. The van der Waals surface area contributed by atoms with Gasteiger partial charge in [0.2, 0.25) is 5.91 Å². The Kier molecular flexibility index (Phi) is 3.40. The lowest BCUT2D eigenvalue weighted by molar-refractivity contribution is -0.120. The van der Waals surface area contributed by atoms with E-state index in [4.69, 9.17) is 0 Å². The molecule has 3 rings (SSSR count). The molecule has 1 saturated heterocycles. The Labute approximate surface area is 120 Å². The van der Waals surface area contributed by atoms with Crippen molar-refractivity contribution >= 4 is 22.8 Å². The van der Waals surface area contributed by atoms with E-state index in [0.717, 1.165) is 12.1 Å². The van der Waals surface area contributed by atoms with Crippen LogP contribution in [0.3, 0.4) is 0 Å². The van der Waals surface area contributed by atoms with Gasteiger partial charge in [0.25, 0.3) is 0 Å². The Morgan fingerprint density at radius 3 is 2.67 bits per heavy atom. The van der Waals surface area contributed by atoms with Crippen LogP contribution in [0, 0.1) is 11.6 Å². The minimum absolute atomic E-state index is 0.0518. The number of nitrogens with one attached hydrogen (secondary N) is 1. The summed E-state index contributed by atoms with van der Waals surface area (Å²) in [6, 6.07) is 1.73. The van der Waals surface area contributed by atoms with Crippen molar-refractivity contribution in [2.24, 2.45) is 0 Å². The first kappa shape index (κ1) is 13.7. The first-order chi connectivity index (χ1) is 10.1. The van der Waals surface area contributed by atoms with E-state index < -0.39 is 11.6 Å². The second-order valence-electron chi connectivity index (χ2n) is 4.86. The topological polar surface area (TPSA) is 58.1 Å². The minimum Gasteiger partial charge on any atom is -0.354 e. The molecule has 1 atom stereocenters. The maximum absolute atomic E-state index is 13.3. The summed E-state index contributed by atoms with van der Waals surface area (Å²) < 4.78 is 26.5. The van der Waals surface area contributed by atoms with Crippen LogP contribution in [-0.4, -0.2) is 35.0 Å². The molecule has 21 heavy (non-hydrogen) atoms. The van der Waals surface area contributed by atoms with Gasteiger partial charge in [0.15, 0.2) is 11.6 Å². The molecule has 0 radical (unpaired) electrons. The Bertz CT molecular complexity index is 707. The van der Waals surface area contributed by atoms with Gasteiger partial charge in [0.05, 0.1) is 17.2 Å². The standard InChI is InChI=1S/C14H14F2N4O/c1-2-20(12-3-4-17-14(12)21)13-7-18-10-5-8(15)9(16)6-11(10)19-13/h5-7,12H,2-4H2,1H3,(H,17,21). The van der Waals surface area contributed by atoms with Crippen LogP contribution in [0.5, 0.6) is 0 Å². The predicted octanol–water partition coefficient (Wildman–Crippen LogP) is 1.62. The zero-order chi connectivity index (χ0) is 15.0. The molecule has 1 aliphatic heterocycles. The van der Waals surface area contributed by atoms with Gasteiger partial charge in [-0.2, -0.15) is 0 Å². The number of benzene rings is 1. The summed E-state index contributed by atoms with van der Waals surface area (Å²) in [6.07, 6.45) is 2.17. The highest BCUT2D eigenvalue weighted by molar-refractivity contribution is 5.87. The van der Waals surface area contributed by atoms with E-state index in [9.17, 15) is 13.6 Å². The zero-order valence-corrected chi connectivity index (χ0v) is 11.4. The van der Waals surface area contributed by atoms with Crippen molar-refractivity contribution in [1.29, 1.82) is 0 Å². The number of aromatic nitrogens is 2. The number of hydrogen-bond acceptors (Lipinski definition) is 4. The van der Waals surface area contributed by atoms with Crippen LogP contribution in [0.25, 0.3) is 11.0 Å². The van der Waals surface area contributed by atoms with Crippen molar-refractivity contribution < 1.29 is 13.6 Å². The summed E-state index contributed by atoms with van der Waals surface area (Å²) in [4.78, 5) is 22.0. The molecule has 110 valence electrons. The maximum atomic E-state index is 13.3. The summed E-state index contributed by atoms with van der Waals surface area (Å²) >= 11 is 0. The van der Waals surface area contributed by atoms with E-state index in [1.807, 2.05) is 11.8 Å². The molecule has 1 aliphatic rings. The summed E-state index contributed by atoms with van der Waals surface area (Å²) in [5, 5.41) is 2.77. The normalized spacial score (nSPS) is 18.0. The molecular formula is C14H14F2N4O. The average molecular weight is 292 g/mol. The van der Waals surface area contributed by atoms with E-state index in [1.54, 1.807) is 0 Å². The first-order valence-corrected chi connectivity index (χ1v) is 6.76. The van der Waals surface area contributed by atoms with Crippen molar-refractivity contribution in [3.8, 4) is 0 Å². The van der Waals surface area contributed by atoms with Gasteiger partial charge in [0.1, 0.15) is 11.9 Å². The van der Waals surface area contributed by atoms with Crippen molar-refractivity contribution in [2.75, 3.05) is 18.0 Å². The number of fused-ring (bicyclic) bond motifs is 1. The third kappa shape index (κ3) is 2.39.